The van der Waals surface area contributed by atoms with E-state index in [0.717, 1.165) is 12.1 Å². The summed E-state index contributed by atoms with van der Waals surface area (Å²) in [4.78, 5) is 3.46. The summed E-state index contributed by atoms with van der Waals surface area (Å²) < 4.78 is 53.5. The fourth-order valence-corrected chi connectivity index (χ4v) is 3.20. The van der Waals surface area contributed by atoms with Gasteiger partial charge in [-0.1, -0.05) is 6.07 Å². The van der Waals surface area contributed by atoms with E-state index in [1.54, 1.807) is 0 Å². The highest BCUT2D eigenvalue weighted by atomic mass is 79.9. The molecule has 0 aliphatic carbocycles. The fourth-order valence-electron chi connectivity index (χ4n) is 1.52. The summed E-state index contributed by atoms with van der Waals surface area (Å²) in [6.45, 7) is 0. The second-order valence-corrected chi connectivity index (χ2v) is 6.42. The van der Waals surface area contributed by atoms with Gasteiger partial charge < -0.3 is 5.43 Å². The molecule has 0 saturated heterocycles. The van der Waals surface area contributed by atoms with Gasteiger partial charge >= 0.3 is 0 Å². The second kappa shape index (κ2) is 5.92. The Kier molecular flexibility index (Phi) is 4.40. The smallest absolute Gasteiger partial charge is 0.265 e. The first-order valence-electron chi connectivity index (χ1n) is 5.44. The van der Waals surface area contributed by atoms with Crippen molar-refractivity contribution < 1.29 is 17.2 Å². The minimum Gasteiger partial charge on any atom is -0.307 e. The largest absolute Gasteiger partial charge is 0.307 e. The number of hydrogen-bond acceptors (Lipinski definition) is 5. The fraction of sp³-hybridized carbons (Fsp3) is 0. The van der Waals surface area contributed by atoms with Crippen molar-refractivity contribution in [1.82, 2.24) is 4.98 Å². The Labute approximate surface area is 127 Å². The quantitative estimate of drug-likeness (QED) is 0.559. The summed E-state index contributed by atoms with van der Waals surface area (Å²) in [5, 5.41) is 0. The topological polar surface area (TPSA) is 97.1 Å². The monoisotopic (exact) mass is 378 g/mol. The van der Waals surface area contributed by atoms with Crippen molar-refractivity contribution in [3.05, 3.63) is 46.6 Å². The summed E-state index contributed by atoms with van der Waals surface area (Å²) in [5.41, 5.74) is 1.61. The van der Waals surface area contributed by atoms with Gasteiger partial charge in [0.25, 0.3) is 10.0 Å². The molecule has 0 fully saturated rings. The van der Waals surface area contributed by atoms with Crippen LogP contribution in [0.15, 0.2) is 39.8 Å². The molecule has 0 saturated carbocycles. The average molecular weight is 379 g/mol. The maximum atomic E-state index is 13.5. The molecule has 6 nitrogen and oxygen atoms in total. The lowest BCUT2D eigenvalue weighted by atomic mass is 10.3. The molecule has 1 aromatic carbocycles. The number of sulfonamides is 1. The standard InChI is InChI=1S/C11H9BrF2N4O2S/c12-6-4-9(11(17-15)16-5-6)21(19,20)18-8-3-1-2-7(13)10(8)14/h1-5,18H,15H2,(H,16,17). The lowest BCUT2D eigenvalue weighted by molar-refractivity contribution is 0.511. The molecule has 0 spiro atoms. The first kappa shape index (κ1) is 15.6. The highest BCUT2D eigenvalue weighted by Crippen LogP contribution is 2.26. The van der Waals surface area contributed by atoms with E-state index in [-0.39, 0.29) is 10.7 Å². The van der Waals surface area contributed by atoms with Crippen molar-refractivity contribution in [1.29, 1.82) is 0 Å². The van der Waals surface area contributed by atoms with Crippen LogP contribution in [0, 0.1) is 11.6 Å². The minimum absolute atomic E-state index is 0.137. The number of nitrogens with zero attached hydrogens (tertiary/aromatic N) is 1. The van der Waals surface area contributed by atoms with Crippen molar-refractivity contribution in [2.45, 2.75) is 4.90 Å². The van der Waals surface area contributed by atoms with Gasteiger partial charge in [-0.2, -0.15) is 0 Å². The number of nitrogens with one attached hydrogen (secondary N) is 2. The average Bonchev–Trinajstić information content (AvgIpc) is 2.44. The Morgan fingerprint density at radius 3 is 2.67 bits per heavy atom. The van der Waals surface area contributed by atoms with Crippen molar-refractivity contribution in [2.24, 2.45) is 5.84 Å². The molecule has 0 atom stereocenters. The summed E-state index contributed by atoms with van der Waals surface area (Å²) in [5.74, 6) is 2.59. The van der Waals surface area contributed by atoms with Crippen LogP contribution in [-0.2, 0) is 10.0 Å². The van der Waals surface area contributed by atoms with Crippen molar-refractivity contribution in [3.63, 3.8) is 0 Å². The Balaban J connectivity index is 2.48. The number of anilines is 2. The predicted molar refractivity (Wildman–Crippen MR) is 76.9 cm³/mol. The Hall–Kier alpha value is -1.78. The molecule has 112 valence electrons. The zero-order valence-electron chi connectivity index (χ0n) is 10.3. The number of rotatable bonds is 4. The molecule has 0 radical (unpaired) electrons. The normalized spacial score (nSPS) is 11.2. The van der Waals surface area contributed by atoms with Crippen LogP contribution in [0.5, 0.6) is 0 Å². The van der Waals surface area contributed by atoms with Crippen LogP contribution in [0.2, 0.25) is 0 Å². The number of nitrogen functional groups attached to an aromatic ring is 1. The molecule has 2 rings (SSSR count). The number of nitrogens with two attached hydrogens (primary N) is 1. The van der Waals surface area contributed by atoms with E-state index in [9.17, 15) is 17.2 Å². The predicted octanol–water partition coefficient (Wildman–Crippen LogP) is 2.21. The van der Waals surface area contributed by atoms with Gasteiger partial charge in [-0.25, -0.2) is 28.0 Å². The summed E-state index contributed by atoms with van der Waals surface area (Å²) >= 11 is 3.07. The molecule has 0 aliphatic rings. The van der Waals surface area contributed by atoms with Gasteiger partial charge in [-0.15, -0.1) is 0 Å². The zero-order valence-corrected chi connectivity index (χ0v) is 12.7. The van der Waals surface area contributed by atoms with E-state index in [1.165, 1.54) is 18.3 Å². The molecule has 1 heterocycles. The molecule has 4 N–H and O–H groups in total. The number of aromatic nitrogens is 1. The Morgan fingerprint density at radius 1 is 1.29 bits per heavy atom. The van der Waals surface area contributed by atoms with Crippen LogP contribution in [0.4, 0.5) is 20.3 Å². The molecule has 1 aromatic heterocycles. The number of hydrogen-bond donors (Lipinski definition) is 3. The van der Waals surface area contributed by atoms with E-state index in [2.05, 4.69) is 26.3 Å². The molecule has 2 aromatic rings. The van der Waals surface area contributed by atoms with Gasteiger partial charge in [-0.05, 0) is 34.1 Å². The van der Waals surface area contributed by atoms with Crippen LogP contribution in [-0.4, -0.2) is 13.4 Å². The highest BCUT2D eigenvalue weighted by Gasteiger charge is 2.22. The van der Waals surface area contributed by atoms with E-state index < -0.39 is 27.3 Å². The molecule has 21 heavy (non-hydrogen) atoms. The van der Waals surface area contributed by atoms with Gasteiger partial charge in [0.2, 0.25) is 0 Å². The second-order valence-electron chi connectivity index (χ2n) is 3.85. The maximum absolute atomic E-state index is 13.5. The molecule has 0 amide bonds. The lowest BCUT2D eigenvalue weighted by Crippen LogP contribution is -2.19. The van der Waals surface area contributed by atoms with E-state index >= 15 is 0 Å². The van der Waals surface area contributed by atoms with Gasteiger partial charge in [0.05, 0.1) is 5.69 Å². The maximum Gasteiger partial charge on any atom is 0.265 e. The number of pyridine rings is 1. The van der Waals surface area contributed by atoms with Crippen LogP contribution in [0.1, 0.15) is 0 Å². The summed E-state index contributed by atoms with van der Waals surface area (Å²) in [6.07, 6.45) is 1.33. The molecule has 0 unspecified atom stereocenters. The van der Waals surface area contributed by atoms with E-state index in [4.69, 9.17) is 5.84 Å². The van der Waals surface area contributed by atoms with Gasteiger partial charge in [-0.3, -0.25) is 4.72 Å². The van der Waals surface area contributed by atoms with E-state index in [1.807, 2.05) is 4.72 Å². The summed E-state index contributed by atoms with van der Waals surface area (Å²) in [7, 11) is -4.21. The van der Waals surface area contributed by atoms with Crippen LogP contribution >= 0.6 is 15.9 Å². The first-order valence-corrected chi connectivity index (χ1v) is 7.72. The Morgan fingerprint density at radius 2 is 2.00 bits per heavy atom. The minimum atomic E-state index is -4.21. The SMILES string of the molecule is NNc1ncc(Br)cc1S(=O)(=O)Nc1cccc(F)c1F. The molecule has 10 heteroatoms. The molecule has 0 bridgehead atoms. The van der Waals surface area contributed by atoms with Gasteiger partial charge in [0, 0.05) is 10.7 Å². The number of hydrazine groups is 1. The van der Waals surface area contributed by atoms with Crippen molar-refractivity contribution in [3.8, 4) is 0 Å². The number of benzene rings is 1. The first-order chi connectivity index (χ1) is 9.85. The van der Waals surface area contributed by atoms with Crippen LogP contribution in [0.3, 0.4) is 0 Å². The zero-order chi connectivity index (χ0) is 15.6. The van der Waals surface area contributed by atoms with E-state index in [0.29, 0.717) is 4.47 Å². The molecule has 0 aliphatic heterocycles. The molecular weight excluding hydrogens is 370 g/mol. The van der Waals surface area contributed by atoms with Crippen molar-refractivity contribution >= 4 is 37.5 Å². The van der Waals surface area contributed by atoms with Gasteiger partial charge in [0.1, 0.15) is 4.90 Å². The highest BCUT2D eigenvalue weighted by molar-refractivity contribution is 9.10. The lowest BCUT2D eigenvalue weighted by Gasteiger charge is -2.12. The Bertz CT molecular complexity index is 786. The summed E-state index contributed by atoms with van der Waals surface area (Å²) in [6, 6.07) is 4.37. The third kappa shape index (κ3) is 3.28. The molecular formula is C11H9BrF2N4O2S. The third-order valence-electron chi connectivity index (χ3n) is 2.44. The van der Waals surface area contributed by atoms with Crippen molar-refractivity contribution in [2.75, 3.05) is 10.1 Å². The number of halogens is 3. The van der Waals surface area contributed by atoms with Gasteiger partial charge in [0.15, 0.2) is 17.5 Å². The van der Waals surface area contributed by atoms with Crippen LogP contribution < -0.4 is 16.0 Å². The van der Waals surface area contributed by atoms with Crippen LogP contribution in [0.25, 0.3) is 0 Å². The third-order valence-corrected chi connectivity index (χ3v) is 4.25.